The molecule has 134 valence electrons. The molecule has 3 rings (SSSR count). The van der Waals surface area contributed by atoms with Crippen LogP contribution in [0.4, 0.5) is 18.9 Å². The van der Waals surface area contributed by atoms with Gasteiger partial charge in [0, 0.05) is 11.8 Å². The minimum Gasteiger partial charge on any atom is -0.445 e. The normalized spacial score (nSPS) is 11.8. The van der Waals surface area contributed by atoms with E-state index in [0.29, 0.717) is 18.0 Å². The minimum absolute atomic E-state index is 0.395. The monoisotopic (exact) mass is 358 g/mol. The first-order chi connectivity index (χ1) is 12.4. The SMILES string of the molecule is Cc1ccccc1NCc1coc(/C=C/c2ccc(C(F)(F)F)cc2)n1. The van der Waals surface area contributed by atoms with Crippen LogP contribution in [0.15, 0.2) is 59.2 Å². The van der Waals surface area contributed by atoms with Crippen molar-refractivity contribution in [2.45, 2.75) is 19.6 Å². The maximum absolute atomic E-state index is 12.5. The van der Waals surface area contributed by atoms with Gasteiger partial charge in [-0.1, -0.05) is 30.3 Å². The third-order valence-corrected chi connectivity index (χ3v) is 3.83. The Morgan fingerprint density at radius 3 is 2.46 bits per heavy atom. The van der Waals surface area contributed by atoms with Gasteiger partial charge >= 0.3 is 6.18 Å². The third kappa shape index (κ3) is 4.53. The molecule has 0 spiro atoms. The van der Waals surface area contributed by atoms with Crippen LogP contribution in [0.3, 0.4) is 0 Å². The zero-order valence-corrected chi connectivity index (χ0v) is 14.0. The zero-order valence-electron chi connectivity index (χ0n) is 14.0. The van der Waals surface area contributed by atoms with E-state index in [1.807, 2.05) is 31.2 Å². The molecular formula is C20H17F3N2O. The molecule has 0 aliphatic heterocycles. The van der Waals surface area contributed by atoms with Gasteiger partial charge in [0.1, 0.15) is 6.26 Å². The van der Waals surface area contributed by atoms with Crippen molar-refractivity contribution in [2.75, 3.05) is 5.32 Å². The number of alkyl halides is 3. The van der Waals surface area contributed by atoms with Gasteiger partial charge in [-0.2, -0.15) is 13.2 Å². The molecule has 0 radical (unpaired) electrons. The molecule has 0 amide bonds. The van der Waals surface area contributed by atoms with Gasteiger partial charge in [-0.25, -0.2) is 4.98 Å². The molecule has 0 aliphatic rings. The van der Waals surface area contributed by atoms with E-state index < -0.39 is 11.7 Å². The summed E-state index contributed by atoms with van der Waals surface area (Å²) in [5, 5.41) is 3.28. The Morgan fingerprint density at radius 2 is 1.77 bits per heavy atom. The van der Waals surface area contributed by atoms with Crippen LogP contribution in [0.5, 0.6) is 0 Å². The maximum Gasteiger partial charge on any atom is 0.416 e. The van der Waals surface area contributed by atoms with Crippen LogP contribution < -0.4 is 5.32 Å². The highest BCUT2D eigenvalue weighted by atomic mass is 19.4. The van der Waals surface area contributed by atoms with Crippen molar-refractivity contribution in [3.8, 4) is 0 Å². The van der Waals surface area contributed by atoms with E-state index in [2.05, 4.69) is 10.3 Å². The molecule has 26 heavy (non-hydrogen) atoms. The van der Waals surface area contributed by atoms with Crippen LogP contribution in [-0.4, -0.2) is 4.98 Å². The Bertz CT molecular complexity index is 896. The van der Waals surface area contributed by atoms with E-state index in [1.165, 1.54) is 12.1 Å². The fourth-order valence-corrected chi connectivity index (χ4v) is 2.39. The molecule has 0 unspecified atom stereocenters. The third-order valence-electron chi connectivity index (χ3n) is 3.83. The molecule has 2 aromatic carbocycles. The van der Waals surface area contributed by atoms with Crippen LogP contribution >= 0.6 is 0 Å². The molecule has 3 nitrogen and oxygen atoms in total. The van der Waals surface area contributed by atoms with E-state index in [1.54, 1.807) is 18.4 Å². The lowest BCUT2D eigenvalue weighted by molar-refractivity contribution is -0.137. The van der Waals surface area contributed by atoms with Crippen LogP contribution in [0, 0.1) is 6.92 Å². The second kappa shape index (κ2) is 7.47. The topological polar surface area (TPSA) is 38.1 Å². The molecule has 0 atom stereocenters. The number of aryl methyl sites for hydroxylation is 1. The fourth-order valence-electron chi connectivity index (χ4n) is 2.39. The predicted molar refractivity (Wildman–Crippen MR) is 95.4 cm³/mol. The largest absolute Gasteiger partial charge is 0.445 e. The number of nitrogens with zero attached hydrogens (tertiary/aromatic N) is 1. The quantitative estimate of drug-likeness (QED) is 0.628. The van der Waals surface area contributed by atoms with E-state index >= 15 is 0 Å². The summed E-state index contributed by atoms with van der Waals surface area (Å²) >= 11 is 0. The second-order valence-electron chi connectivity index (χ2n) is 5.80. The number of hydrogen-bond acceptors (Lipinski definition) is 3. The molecule has 0 saturated carbocycles. The molecule has 0 saturated heterocycles. The van der Waals surface area contributed by atoms with E-state index in [4.69, 9.17) is 4.42 Å². The average molecular weight is 358 g/mol. The number of rotatable bonds is 5. The van der Waals surface area contributed by atoms with Gasteiger partial charge in [0.25, 0.3) is 0 Å². The lowest BCUT2D eigenvalue weighted by Crippen LogP contribution is -2.03. The lowest BCUT2D eigenvalue weighted by atomic mass is 10.1. The first kappa shape index (κ1) is 17.8. The van der Waals surface area contributed by atoms with Crippen molar-refractivity contribution in [1.82, 2.24) is 4.98 Å². The van der Waals surface area contributed by atoms with Gasteiger partial charge in [0.05, 0.1) is 17.8 Å². The molecule has 3 aromatic rings. The van der Waals surface area contributed by atoms with E-state index in [0.717, 1.165) is 29.1 Å². The van der Waals surface area contributed by atoms with Crippen molar-refractivity contribution in [3.63, 3.8) is 0 Å². The first-order valence-electron chi connectivity index (χ1n) is 8.01. The Hall–Kier alpha value is -3.02. The summed E-state index contributed by atoms with van der Waals surface area (Å²) in [6.45, 7) is 2.53. The number of anilines is 1. The molecule has 1 heterocycles. The highest BCUT2D eigenvalue weighted by Gasteiger charge is 2.29. The van der Waals surface area contributed by atoms with Crippen molar-refractivity contribution in [1.29, 1.82) is 0 Å². The Balaban J connectivity index is 1.61. The molecule has 0 fully saturated rings. The minimum atomic E-state index is -4.33. The summed E-state index contributed by atoms with van der Waals surface area (Å²) < 4.78 is 43.0. The van der Waals surface area contributed by atoms with Crippen LogP contribution in [0.1, 0.15) is 28.3 Å². The predicted octanol–water partition coefficient (Wildman–Crippen LogP) is 5.78. The lowest BCUT2D eigenvalue weighted by Gasteiger charge is -2.06. The van der Waals surface area contributed by atoms with Gasteiger partial charge in [0.2, 0.25) is 5.89 Å². The van der Waals surface area contributed by atoms with Crippen molar-refractivity contribution >= 4 is 17.8 Å². The molecule has 6 heteroatoms. The van der Waals surface area contributed by atoms with E-state index in [9.17, 15) is 13.2 Å². The van der Waals surface area contributed by atoms with Gasteiger partial charge < -0.3 is 9.73 Å². The summed E-state index contributed by atoms with van der Waals surface area (Å²) in [6, 6.07) is 12.8. The number of halogens is 3. The van der Waals surface area contributed by atoms with Gasteiger partial charge in [-0.15, -0.1) is 0 Å². The smallest absolute Gasteiger partial charge is 0.416 e. The Kier molecular flexibility index (Phi) is 5.11. The number of para-hydroxylation sites is 1. The van der Waals surface area contributed by atoms with Gasteiger partial charge in [0.15, 0.2) is 0 Å². The van der Waals surface area contributed by atoms with Crippen molar-refractivity contribution in [3.05, 3.63) is 83.1 Å². The summed E-state index contributed by atoms with van der Waals surface area (Å²) in [5.74, 6) is 0.395. The fraction of sp³-hybridized carbons (Fsp3) is 0.150. The standard InChI is InChI=1S/C20H17F3N2O/c1-14-4-2-3-5-18(14)24-12-17-13-26-19(25-17)11-8-15-6-9-16(10-7-15)20(21,22)23/h2-11,13,24H,12H2,1H3/b11-8+. The first-order valence-corrected chi connectivity index (χ1v) is 8.01. The summed E-state index contributed by atoms with van der Waals surface area (Å²) in [6.07, 6.45) is 0.506. The summed E-state index contributed by atoms with van der Waals surface area (Å²) in [5.41, 5.74) is 2.86. The molecule has 0 bridgehead atoms. The number of hydrogen-bond donors (Lipinski definition) is 1. The zero-order chi connectivity index (χ0) is 18.6. The van der Waals surface area contributed by atoms with Gasteiger partial charge in [-0.05, 0) is 42.3 Å². The number of oxazole rings is 1. The molecule has 1 aromatic heterocycles. The van der Waals surface area contributed by atoms with Crippen molar-refractivity contribution in [2.24, 2.45) is 0 Å². The molecule has 1 N–H and O–H groups in total. The Morgan fingerprint density at radius 1 is 1.04 bits per heavy atom. The Labute approximate surface area is 149 Å². The average Bonchev–Trinajstić information content (AvgIpc) is 3.07. The number of nitrogens with one attached hydrogen (secondary N) is 1. The number of benzene rings is 2. The van der Waals surface area contributed by atoms with Crippen LogP contribution in [0.2, 0.25) is 0 Å². The summed E-state index contributed by atoms with van der Waals surface area (Å²) in [4.78, 5) is 4.33. The molecular weight excluding hydrogens is 341 g/mol. The number of aromatic nitrogens is 1. The highest BCUT2D eigenvalue weighted by Crippen LogP contribution is 2.29. The van der Waals surface area contributed by atoms with Crippen LogP contribution in [-0.2, 0) is 12.7 Å². The molecule has 0 aliphatic carbocycles. The van der Waals surface area contributed by atoms with Crippen molar-refractivity contribution < 1.29 is 17.6 Å². The van der Waals surface area contributed by atoms with Crippen LogP contribution in [0.25, 0.3) is 12.2 Å². The summed E-state index contributed by atoms with van der Waals surface area (Å²) in [7, 11) is 0. The maximum atomic E-state index is 12.5. The second-order valence-corrected chi connectivity index (χ2v) is 5.80. The van der Waals surface area contributed by atoms with E-state index in [-0.39, 0.29) is 0 Å². The highest BCUT2D eigenvalue weighted by molar-refractivity contribution is 5.66. The van der Waals surface area contributed by atoms with Gasteiger partial charge in [-0.3, -0.25) is 0 Å².